The SMILES string of the molecule is CC(C)OC(=O)NC1CCC(c2ncc(-c3ccc(NC(=O)O)cc3SC3CC3)s2)CC1. The number of benzene rings is 1. The number of carbonyl (C=O) groups excluding carboxylic acids is 1. The Bertz CT molecular complexity index is 966. The van der Waals surface area contributed by atoms with Gasteiger partial charge in [0, 0.05) is 39.6 Å². The van der Waals surface area contributed by atoms with Crippen LogP contribution in [0.3, 0.4) is 0 Å². The lowest BCUT2D eigenvalue weighted by Gasteiger charge is -2.28. The molecule has 0 spiro atoms. The summed E-state index contributed by atoms with van der Waals surface area (Å²) in [5.74, 6) is 0.403. The van der Waals surface area contributed by atoms with Crippen LogP contribution in [0.2, 0.25) is 0 Å². The molecule has 2 aliphatic carbocycles. The Kier molecular flexibility index (Phi) is 7.25. The van der Waals surface area contributed by atoms with E-state index in [4.69, 9.17) is 14.8 Å². The molecule has 0 aliphatic heterocycles. The number of nitrogens with zero attached hydrogens (tertiary/aromatic N) is 1. The zero-order chi connectivity index (χ0) is 22.7. The first-order valence-corrected chi connectivity index (χ1v) is 12.8. The molecule has 2 fully saturated rings. The molecule has 9 heteroatoms. The van der Waals surface area contributed by atoms with E-state index >= 15 is 0 Å². The average molecular weight is 476 g/mol. The number of amides is 2. The molecular formula is C23H29N3O4S2. The molecule has 4 rings (SSSR count). The van der Waals surface area contributed by atoms with Gasteiger partial charge in [-0.15, -0.1) is 23.1 Å². The summed E-state index contributed by atoms with van der Waals surface area (Å²) in [7, 11) is 0. The van der Waals surface area contributed by atoms with Crippen LogP contribution in [-0.2, 0) is 4.74 Å². The van der Waals surface area contributed by atoms with Crippen molar-refractivity contribution >= 4 is 41.0 Å². The summed E-state index contributed by atoms with van der Waals surface area (Å²) in [6.45, 7) is 3.70. The summed E-state index contributed by atoms with van der Waals surface area (Å²) in [4.78, 5) is 29.8. The molecule has 2 aromatic rings. The van der Waals surface area contributed by atoms with E-state index in [1.165, 1.54) is 12.8 Å². The first-order chi connectivity index (χ1) is 15.4. The summed E-state index contributed by atoms with van der Waals surface area (Å²) in [5, 5.41) is 16.2. The lowest BCUT2D eigenvalue weighted by atomic mass is 9.86. The van der Waals surface area contributed by atoms with Crippen LogP contribution in [0.15, 0.2) is 29.3 Å². The number of carboxylic acid groups (broad SMARTS) is 1. The number of aromatic nitrogens is 1. The standard InChI is InChI=1S/C23H29N3O4S2/c1-13(2)30-23(29)26-15-5-3-14(4-6-15)21-24-12-20(32-21)18-10-7-16(25-22(27)28)11-19(18)31-17-8-9-17/h7,10-15,17,25H,3-6,8-9H2,1-2H3,(H,26,29)(H,27,28). The number of anilines is 1. The molecule has 32 heavy (non-hydrogen) atoms. The monoisotopic (exact) mass is 475 g/mol. The fraction of sp³-hybridized carbons (Fsp3) is 0.522. The van der Waals surface area contributed by atoms with E-state index in [1.807, 2.05) is 50.0 Å². The van der Waals surface area contributed by atoms with Gasteiger partial charge in [0.05, 0.1) is 16.0 Å². The maximum absolute atomic E-state index is 11.8. The first kappa shape index (κ1) is 22.9. The van der Waals surface area contributed by atoms with Gasteiger partial charge in [0.1, 0.15) is 0 Å². The van der Waals surface area contributed by atoms with Gasteiger partial charge in [-0.05, 0) is 64.5 Å². The van der Waals surface area contributed by atoms with E-state index in [9.17, 15) is 9.59 Å². The van der Waals surface area contributed by atoms with Crippen LogP contribution in [0.1, 0.15) is 63.3 Å². The van der Waals surface area contributed by atoms with Gasteiger partial charge >= 0.3 is 12.2 Å². The number of hydrogen-bond donors (Lipinski definition) is 3. The zero-order valence-electron chi connectivity index (χ0n) is 18.3. The normalized spacial score (nSPS) is 20.7. The van der Waals surface area contributed by atoms with Crippen LogP contribution in [-0.4, -0.2) is 39.7 Å². The van der Waals surface area contributed by atoms with E-state index in [0.29, 0.717) is 16.9 Å². The predicted octanol–water partition coefficient (Wildman–Crippen LogP) is 6.32. The van der Waals surface area contributed by atoms with Crippen LogP contribution in [0.25, 0.3) is 10.4 Å². The van der Waals surface area contributed by atoms with Crippen LogP contribution >= 0.6 is 23.1 Å². The van der Waals surface area contributed by atoms with E-state index < -0.39 is 6.09 Å². The van der Waals surface area contributed by atoms with Gasteiger partial charge in [0.15, 0.2) is 0 Å². The molecule has 0 unspecified atom stereocenters. The first-order valence-electron chi connectivity index (χ1n) is 11.1. The molecular weight excluding hydrogens is 446 g/mol. The third kappa shape index (κ3) is 6.16. The maximum Gasteiger partial charge on any atom is 0.409 e. The molecule has 7 nitrogen and oxygen atoms in total. The Morgan fingerprint density at radius 2 is 1.94 bits per heavy atom. The molecule has 0 bridgehead atoms. The summed E-state index contributed by atoms with van der Waals surface area (Å²) < 4.78 is 5.19. The van der Waals surface area contributed by atoms with Crippen LogP contribution in [0.4, 0.5) is 15.3 Å². The Morgan fingerprint density at radius 1 is 1.19 bits per heavy atom. The number of ether oxygens (including phenoxy) is 1. The second kappa shape index (κ2) is 10.1. The van der Waals surface area contributed by atoms with Crippen molar-refractivity contribution in [1.82, 2.24) is 10.3 Å². The highest BCUT2D eigenvalue weighted by atomic mass is 32.2. The molecule has 2 amide bonds. The highest BCUT2D eigenvalue weighted by molar-refractivity contribution is 8.00. The lowest BCUT2D eigenvalue weighted by Crippen LogP contribution is -2.38. The second-order valence-electron chi connectivity index (χ2n) is 8.67. The van der Waals surface area contributed by atoms with Crippen LogP contribution < -0.4 is 10.6 Å². The second-order valence-corrected chi connectivity index (χ2v) is 11.1. The molecule has 172 valence electrons. The van der Waals surface area contributed by atoms with Crippen molar-refractivity contribution in [3.05, 3.63) is 29.4 Å². The number of hydrogen-bond acceptors (Lipinski definition) is 6. The summed E-state index contributed by atoms with van der Waals surface area (Å²) in [6, 6.07) is 5.90. The Morgan fingerprint density at radius 3 is 2.59 bits per heavy atom. The molecule has 1 aromatic carbocycles. The Hall–Kier alpha value is -2.26. The minimum absolute atomic E-state index is 0.114. The molecule has 1 heterocycles. The molecule has 2 saturated carbocycles. The largest absolute Gasteiger partial charge is 0.465 e. The topological polar surface area (TPSA) is 101 Å². The number of nitrogens with one attached hydrogen (secondary N) is 2. The van der Waals surface area contributed by atoms with Gasteiger partial charge in [-0.25, -0.2) is 14.6 Å². The summed E-state index contributed by atoms with van der Waals surface area (Å²) in [6.07, 6.45) is 6.68. The highest BCUT2D eigenvalue weighted by Gasteiger charge is 2.27. The van der Waals surface area contributed by atoms with E-state index in [1.54, 1.807) is 11.3 Å². The minimum atomic E-state index is -1.05. The fourth-order valence-electron chi connectivity index (χ4n) is 3.89. The molecule has 0 saturated heterocycles. The quantitative estimate of drug-likeness (QED) is 0.433. The Labute approximate surface area is 196 Å². The van der Waals surface area contributed by atoms with Crippen LogP contribution in [0, 0.1) is 0 Å². The minimum Gasteiger partial charge on any atom is -0.465 e. The fourth-order valence-corrected chi connectivity index (χ4v) is 6.31. The molecule has 1 aromatic heterocycles. The van der Waals surface area contributed by atoms with Gasteiger partial charge in [-0.2, -0.15) is 0 Å². The predicted molar refractivity (Wildman–Crippen MR) is 128 cm³/mol. The van der Waals surface area contributed by atoms with Gasteiger partial charge in [-0.3, -0.25) is 5.32 Å². The summed E-state index contributed by atoms with van der Waals surface area (Å²) in [5.41, 5.74) is 1.71. The van der Waals surface area contributed by atoms with Crippen LogP contribution in [0.5, 0.6) is 0 Å². The summed E-state index contributed by atoms with van der Waals surface area (Å²) >= 11 is 3.55. The number of thioether (sulfide) groups is 1. The van der Waals surface area contributed by atoms with Crippen molar-refractivity contribution in [3.63, 3.8) is 0 Å². The van der Waals surface area contributed by atoms with Crippen molar-refractivity contribution in [2.24, 2.45) is 0 Å². The van der Waals surface area contributed by atoms with E-state index in [-0.39, 0.29) is 18.2 Å². The van der Waals surface area contributed by atoms with Crippen molar-refractivity contribution in [2.45, 2.75) is 80.6 Å². The molecule has 0 radical (unpaired) electrons. The molecule has 0 atom stereocenters. The van der Waals surface area contributed by atoms with Gasteiger partial charge in [0.2, 0.25) is 0 Å². The smallest absolute Gasteiger partial charge is 0.409 e. The third-order valence-corrected chi connectivity index (χ3v) is 8.17. The number of alkyl carbamates (subject to hydrolysis) is 1. The molecule has 3 N–H and O–H groups in total. The average Bonchev–Trinajstić information content (AvgIpc) is 3.40. The van der Waals surface area contributed by atoms with Crippen molar-refractivity contribution < 1.29 is 19.4 Å². The Balaban J connectivity index is 1.41. The van der Waals surface area contributed by atoms with Gasteiger partial charge in [0.25, 0.3) is 0 Å². The number of rotatable bonds is 7. The third-order valence-electron chi connectivity index (χ3n) is 5.58. The van der Waals surface area contributed by atoms with Crippen molar-refractivity contribution in [1.29, 1.82) is 0 Å². The van der Waals surface area contributed by atoms with Gasteiger partial charge in [-0.1, -0.05) is 6.07 Å². The number of thiazole rings is 1. The van der Waals surface area contributed by atoms with Crippen molar-refractivity contribution in [2.75, 3.05) is 5.32 Å². The maximum atomic E-state index is 11.8. The van der Waals surface area contributed by atoms with Gasteiger partial charge < -0.3 is 15.2 Å². The zero-order valence-corrected chi connectivity index (χ0v) is 19.9. The van der Waals surface area contributed by atoms with E-state index in [0.717, 1.165) is 46.0 Å². The van der Waals surface area contributed by atoms with E-state index in [2.05, 4.69) is 10.6 Å². The number of carbonyl (C=O) groups is 2. The highest BCUT2D eigenvalue weighted by Crippen LogP contribution is 2.46. The molecule has 2 aliphatic rings. The lowest BCUT2D eigenvalue weighted by molar-refractivity contribution is 0.109. The van der Waals surface area contributed by atoms with Crippen molar-refractivity contribution in [3.8, 4) is 10.4 Å².